The Kier molecular flexibility index (Phi) is 7.01. The largest absolute Gasteiger partial charge is 0.382 e. The van der Waals surface area contributed by atoms with Gasteiger partial charge in [0.05, 0.1) is 6.10 Å². The van der Waals surface area contributed by atoms with Crippen LogP contribution in [0.4, 0.5) is 0 Å². The Morgan fingerprint density at radius 2 is 2.25 bits per heavy atom. The highest BCUT2D eigenvalue weighted by Gasteiger charge is 2.24. The van der Waals surface area contributed by atoms with Crippen molar-refractivity contribution < 1.29 is 9.47 Å². The Morgan fingerprint density at radius 3 is 2.94 bits per heavy atom. The lowest BCUT2D eigenvalue weighted by molar-refractivity contribution is -0.0244. The highest BCUT2D eigenvalue weighted by molar-refractivity contribution is 4.78. The summed E-state index contributed by atoms with van der Waals surface area (Å²) in [5.41, 5.74) is 0. The molecule has 1 aliphatic heterocycles. The van der Waals surface area contributed by atoms with Gasteiger partial charge in [-0.25, -0.2) is 0 Å². The van der Waals surface area contributed by atoms with Crippen LogP contribution >= 0.6 is 0 Å². The molecule has 1 fully saturated rings. The molecule has 1 N–H and O–H groups in total. The average Bonchev–Trinajstić information content (AvgIpc) is 2.29. The lowest BCUT2D eigenvalue weighted by Gasteiger charge is -2.32. The van der Waals surface area contributed by atoms with Gasteiger partial charge in [0.25, 0.3) is 0 Å². The first kappa shape index (κ1) is 13.9. The van der Waals surface area contributed by atoms with E-state index in [0.717, 1.165) is 45.6 Å². The lowest BCUT2D eigenvalue weighted by atomic mass is 9.95. The van der Waals surface area contributed by atoms with E-state index in [9.17, 15) is 0 Å². The maximum atomic E-state index is 5.75. The van der Waals surface area contributed by atoms with Crippen molar-refractivity contribution in [1.29, 1.82) is 0 Å². The van der Waals surface area contributed by atoms with Crippen LogP contribution in [0.15, 0.2) is 0 Å². The average molecular weight is 229 g/mol. The third-order valence-corrected chi connectivity index (χ3v) is 3.16. The molecule has 0 aromatic heterocycles. The fourth-order valence-electron chi connectivity index (χ4n) is 2.10. The summed E-state index contributed by atoms with van der Waals surface area (Å²) in [6, 6.07) is 0.641. The SMILES string of the molecule is CCOCCCNC1CCOC(C(C)C)C1. The first-order valence-corrected chi connectivity index (χ1v) is 6.66. The van der Waals surface area contributed by atoms with Crippen molar-refractivity contribution in [3.8, 4) is 0 Å². The van der Waals surface area contributed by atoms with Crippen LogP contribution in [0.2, 0.25) is 0 Å². The molecule has 0 spiro atoms. The zero-order valence-corrected chi connectivity index (χ0v) is 11.0. The smallest absolute Gasteiger partial charge is 0.0612 e. The second-order valence-electron chi connectivity index (χ2n) is 4.88. The summed E-state index contributed by atoms with van der Waals surface area (Å²) in [5.74, 6) is 0.632. The van der Waals surface area contributed by atoms with Gasteiger partial charge < -0.3 is 14.8 Å². The summed E-state index contributed by atoms with van der Waals surface area (Å²) in [4.78, 5) is 0. The van der Waals surface area contributed by atoms with Gasteiger partial charge in [-0.15, -0.1) is 0 Å². The number of nitrogens with one attached hydrogen (secondary N) is 1. The molecule has 0 radical (unpaired) electrons. The zero-order chi connectivity index (χ0) is 11.8. The molecule has 1 heterocycles. The van der Waals surface area contributed by atoms with Crippen LogP contribution in [0.25, 0.3) is 0 Å². The molecule has 2 atom stereocenters. The standard InChI is InChI=1S/C13H27NO2/c1-4-15-8-5-7-14-12-6-9-16-13(10-12)11(2)3/h11-14H,4-10H2,1-3H3. The Balaban J connectivity index is 2.07. The molecule has 96 valence electrons. The van der Waals surface area contributed by atoms with Gasteiger partial charge in [0, 0.05) is 25.9 Å². The van der Waals surface area contributed by atoms with Crippen molar-refractivity contribution >= 4 is 0 Å². The lowest BCUT2D eigenvalue weighted by Crippen LogP contribution is -2.41. The topological polar surface area (TPSA) is 30.5 Å². The number of hydrogen-bond acceptors (Lipinski definition) is 3. The fraction of sp³-hybridized carbons (Fsp3) is 1.00. The normalized spacial score (nSPS) is 26.2. The third kappa shape index (κ3) is 5.28. The summed E-state index contributed by atoms with van der Waals surface area (Å²) < 4.78 is 11.1. The van der Waals surface area contributed by atoms with E-state index in [1.54, 1.807) is 0 Å². The molecule has 3 nitrogen and oxygen atoms in total. The van der Waals surface area contributed by atoms with Gasteiger partial charge in [0.1, 0.15) is 0 Å². The second-order valence-corrected chi connectivity index (χ2v) is 4.88. The summed E-state index contributed by atoms with van der Waals surface area (Å²) >= 11 is 0. The quantitative estimate of drug-likeness (QED) is 0.679. The minimum Gasteiger partial charge on any atom is -0.382 e. The van der Waals surface area contributed by atoms with Gasteiger partial charge in [0.15, 0.2) is 0 Å². The van der Waals surface area contributed by atoms with Crippen LogP contribution in [0.3, 0.4) is 0 Å². The van der Waals surface area contributed by atoms with E-state index < -0.39 is 0 Å². The highest BCUT2D eigenvalue weighted by atomic mass is 16.5. The Labute approximate surface area is 99.9 Å². The summed E-state index contributed by atoms with van der Waals surface area (Å²) in [5, 5.41) is 3.61. The summed E-state index contributed by atoms with van der Waals surface area (Å²) in [7, 11) is 0. The van der Waals surface area contributed by atoms with Gasteiger partial charge in [-0.2, -0.15) is 0 Å². The van der Waals surface area contributed by atoms with E-state index in [0.29, 0.717) is 18.1 Å². The summed E-state index contributed by atoms with van der Waals surface area (Å²) in [6.45, 7) is 10.2. The highest BCUT2D eigenvalue weighted by Crippen LogP contribution is 2.19. The first-order chi connectivity index (χ1) is 7.74. The fourth-order valence-corrected chi connectivity index (χ4v) is 2.10. The summed E-state index contributed by atoms with van der Waals surface area (Å²) in [6.07, 6.45) is 3.86. The molecule has 1 aliphatic rings. The Bertz CT molecular complexity index is 173. The van der Waals surface area contributed by atoms with Crippen molar-refractivity contribution in [2.75, 3.05) is 26.4 Å². The van der Waals surface area contributed by atoms with Crippen molar-refractivity contribution in [3.63, 3.8) is 0 Å². The first-order valence-electron chi connectivity index (χ1n) is 6.66. The van der Waals surface area contributed by atoms with Gasteiger partial charge in [-0.1, -0.05) is 13.8 Å². The maximum Gasteiger partial charge on any atom is 0.0612 e. The van der Waals surface area contributed by atoms with Crippen LogP contribution in [0, 0.1) is 5.92 Å². The Morgan fingerprint density at radius 1 is 1.44 bits per heavy atom. The monoisotopic (exact) mass is 229 g/mol. The predicted molar refractivity (Wildman–Crippen MR) is 66.7 cm³/mol. The van der Waals surface area contributed by atoms with Crippen LogP contribution in [0.5, 0.6) is 0 Å². The molecule has 2 unspecified atom stereocenters. The van der Waals surface area contributed by atoms with Crippen LogP contribution in [0.1, 0.15) is 40.0 Å². The molecule has 0 aromatic rings. The van der Waals surface area contributed by atoms with Crippen molar-refractivity contribution in [2.24, 2.45) is 5.92 Å². The minimum absolute atomic E-state index is 0.443. The van der Waals surface area contributed by atoms with E-state index in [-0.39, 0.29) is 0 Å². The number of hydrogen-bond donors (Lipinski definition) is 1. The van der Waals surface area contributed by atoms with Gasteiger partial charge in [0.2, 0.25) is 0 Å². The van der Waals surface area contributed by atoms with Crippen LogP contribution in [-0.2, 0) is 9.47 Å². The van der Waals surface area contributed by atoms with Gasteiger partial charge in [-0.3, -0.25) is 0 Å². The van der Waals surface area contributed by atoms with Crippen molar-refractivity contribution in [2.45, 2.75) is 52.2 Å². The molecule has 0 bridgehead atoms. The molecular weight excluding hydrogens is 202 g/mol. The molecule has 0 aliphatic carbocycles. The molecule has 1 rings (SSSR count). The van der Waals surface area contributed by atoms with E-state index in [2.05, 4.69) is 19.2 Å². The van der Waals surface area contributed by atoms with E-state index in [1.807, 2.05) is 6.92 Å². The van der Waals surface area contributed by atoms with Gasteiger partial charge in [-0.05, 0) is 38.6 Å². The third-order valence-electron chi connectivity index (χ3n) is 3.16. The molecular formula is C13H27NO2. The molecule has 0 amide bonds. The van der Waals surface area contributed by atoms with E-state index in [1.165, 1.54) is 0 Å². The number of ether oxygens (including phenoxy) is 2. The molecule has 16 heavy (non-hydrogen) atoms. The van der Waals surface area contributed by atoms with E-state index >= 15 is 0 Å². The molecule has 3 heteroatoms. The van der Waals surface area contributed by atoms with E-state index in [4.69, 9.17) is 9.47 Å². The van der Waals surface area contributed by atoms with Crippen molar-refractivity contribution in [1.82, 2.24) is 5.32 Å². The molecule has 0 aromatic carbocycles. The predicted octanol–water partition coefficient (Wildman–Crippen LogP) is 2.21. The maximum absolute atomic E-state index is 5.75. The molecule has 0 saturated carbocycles. The number of rotatable bonds is 7. The zero-order valence-electron chi connectivity index (χ0n) is 11.0. The minimum atomic E-state index is 0.443. The van der Waals surface area contributed by atoms with Crippen LogP contribution < -0.4 is 5.32 Å². The molecule has 1 saturated heterocycles. The van der Waals surface area contributed by atoms with Gasteiger partial charge >= 0.3 is 0 Å². The van der Waals surface area contributed by atoms with Crippen molar-refractivity contribution in [3.05, 3.63) is 0 Å². The Hall–Kier alpha value is -0.120. The second kappa shape index (κ2) is 8.04. The van der Waals surface area contributed by atoms with Crippen LogP contribution in [-0.4, -0.2) is 38.5 Å².